The van der Waals surface area contributed by atoms with Crippen molar-refractivity contribution >= 4 is 17.3 Å². The minimum Gasteiger partial charge on any atom is -0.496 e. The number of ether oxygens (including phenoxy) is 2. The zero-order chi connectivity index (χ0) is 23.2. The molecule has 174 valence electrons. The topological polar surface area (TPSA) is 33.7 Å². The fourth-order valence-electron chi connectivity index (χ4n) is 4.39. The van der Waals surface area contributed by atoms with Crippen molar-refractivity contribution in [1.82, 2.24) is 5.32 Å². The third-order valence-corrected chi connectivity index (χ3v) is 6.54. The monoisotopic (exact) mass is 464 g/mol. The van der Waals surface area contributed by atoms with E-state index in [4.69, 9.17) is 21.1 Å². The molecule has 0 aliphatic carbocycles. The summed E-state index contributed by atoms with van der Waals surface area (Å²) in [4.78, 5) is 2.40. The Morgan fingerprint density at radius 1 is 1.00 bits per heavy atom. The van der Waals surface area contributed by atoms with Gasteiger partial charge in [-0.1, -0.05) is 55.8 Å². The molecule has 2 atom stereocenters. The van der Waals surface area contributed by atoms with Gasteiger partial charge in [0.1, 0.15) is 17.6 Å². The number of anilines is 1. The maximum Gasteiger partial charge on any atom is 0.123 e. The van der Waals surface area contributed by atoms with Gasteiger partial charge in [-0.2, -0.15) is 0 Å². The van der Waals surface area contributed by atoms with Crippen molar-refractivity contribution in [2.75, 3.05) is 31.6 Å². The van der Waals surface area contributed by atoms with Crippen molar-refractivity contribution in [2.24, 2.45) is 5.92 Å². The lowest BCUT2D eigenvalue weighted by atomic mass is 10.0. The second kappa shape index (κ2) is 11.0. The summed E-state index contributed by atoms with van der Waals surface area (Å²) < 4.78 is 12.1. The van der Waals surface area contributed by atoms with Gasteiger partial charge in [0.2, 0.25) is 0 Å². The highest BCUT2D eigenvalue weighted by atomic mass is 35.5. The van der Waals surface area contributed by atoms with E-state index in [-0.39, 0.29) is 6.10 Å². The first kappa shape index (κ1) is 23.5. The predicted molar refractivity (Wildman–Crippen MR) is 137 cm³/mol. The number of rotatable bonds is 9. The molecule has 1 aliphatic heterocycles. The molecular formula is C28H33ClN2O2. The van der Waals surface area contributed by atoms with Crippen molar-refractivity contribution in [1.29, 1.82) is 0 Å². The summed E-state index contributed by atoms with van der Waals surface area (Å²) in [6.07, 6.45) is 0.111. The molecule has 5 heteroatoms. The van der Waals surface area contributed by atoms with E-state index in [1.165, 1.54) is 5.56 Å². The minimum absolute atomic E-state index is 0.111. The van der Waals surface area contributed by atoms with Crippen LogP contribution in [0.3, 0.4) is 0 Å². The predicted octanol–water partition coefficient (Wildman–Crippen LogP) is 6.15. The van der Waals surface area contributed by atoms with Crippen LogP contribution in [-0.2, 0) is 6.54 Å². The molecule has 33 heavy (non-hydrogen) atoms. The molecule has 4 rings (SSSR count). The number of benzene rings is 3. The highest BCUT2D eigenvalue weighted by Crippen LogP contribution is 2.28. The minimum atomic E-state index is 0.111. The van der Waals surface area contributed by atoms with E-state index in [1.54, 1.807) is 7.11 Å². The number of halogens is 1. The Bertz CT molecular complexity index is 1040. The van der Waals surface area contributed by atoms with Crippen LogP contribution < -0.4 is 19.7 Å². The quantitative estimate of drug-likeness (QED) is 0.412. The molecule has 1 heterocycles. The molecule has 1 N–H and O–H groups in total. The van der Waals surface area contributed by atoms with Crippen LogP contribution in [0.25, 0.3) is 0 Å². The van der Waals surface area contributed by atoms with Gasteiger partial charge in [0.05, 0.1) is 7.11 Å². The average molecular weight is 465 g/mol. The molecule has 1 saturated heterocycles. The Kier molecular flexibility index (Phi) is 7.79. The van der Waals surface area contributed by atoms with Crippen LogP contribution in [0.15, 0.2) is 72.8 Å². The second-order valence-electron chi connectivity index (χ2n) is 8.97. The van der Waals surface area contributed by atoms with E-state index < -0.39 is 0 Å². The summed E-state index contributed by atoms with van der Waals surface area (Å²) in [6, 6.07) is 24.8. The first-order chi connectivity index (χ1) is 16.0. The fourth-order valence-corrected chi connectivity index (χ4v) is 4.51. The Morgan fingerprint density at radius 2 is 1.79 bits per heavy atom. The number of para-hydroxylation sites is 1. The van der Waals surface area contributed by atoms with Crippen molar-refractivity contribution in [3.8, 4) is 11.5 Å². The van der Waals surface area contributed by atoms with E-state index in [0.717, 1.165) is 54.0 Å². The number of methoxy groups -OCH3 is 1. The average Bonchev–Trinajstić information content (AvgIpc) is 3.26. The summed E-state index contributed by atoms with van der Waals surface area (Å²) >= 11 is 6.17. The van der Waals surface area contributed by atoms with E-state index in [9.17, 15) is 0 Å². The van der Waals surface area contributed by atoms with Crippen LogP contribution in [-0.4, -0.2) is 32.8 Å². The highest BCUT2D eigenvalue weighted by molar-refractivity contribution is 6.30. The van der Waals surface area contributed by atoms with Gasteiger partial charge < -0.3 is 19.7 Å². The first-order valence-electron chi connectivity index (χ1n) is 11.6. The lowest BCUT2D eigenvalue weighted by Crippen LogP contribution is -2.37. The molecule has 3 aromatic rings. The van der Waals surface area contributed by atoms with E-state index in [1.807, 2.05) is 24.3 Å². The molecule has 1 aliphatic rings. The van der Waals surface area contributed by atoms with E-state index in [0.29, 0.717) is 11.8 Å². The maximum atomic E-state index is 6.49. The fraction of sp³-hybridized carbons (Fsp3) is 0.357. The van der Waals surface area contributed by atoms with Crippen LogP contribution in [0.1, 0.15) is 30.9 Å². The molecule has 3 aromatic carbocycles. The zero-order valence-electron chi connectivity index (χ0n) is 19.6. The van der Waals surface area contributed by atoms with Gasteiger partial charge in [0.15, 0.2) is 0 Å². The Morgan fingerprint density at radius 3 is 2.55 bits per heavy atom. The number of nitrogens with zero attached hydrogens (tertiary/aromatic N) is 1. The Hall–Kier alpha value is -2.69. The van der Waals surface area contributed by atoms with Crippen LogP contribution in [0.5, 0.6) is 11.5 Å². The molecule has 0 bridgehead atoms. The SMILES string of the molecule is COc1ccccc1CN(CC1CNCC1Oc1cccc(C(C)C)c1)c1ccc(Cl)cc1. The summed E-state index contributed by atoms with van der Waals surface area (Å²) in [7, 11) is 1.72. The smallest absolute Gasteiger partial charge is 0.123 e. The molecule has 0 radical (unpaired) electrons. The molecule has 2 unspecified atom stereocenters. The lowest BCUT2D eigenvalue weighted by Gasteiger charge is -2.31. The first-order valence-corrected chi connectivity index (χ1v) is 12.0. The maximum absolute atomic E-state index is 6.49. The van der Waals surface area contributed by atoms with Crippen molar-refractivity contribution in [3.63, 3.8) is 0 Å². The van der Waals surface area contributed by atoms with Gasteiger partial charge in [-0.3, -0.25) is 0 Å². The summed E-state index contributed by atoms with van der Waals surface area (Å²) in [5.74, 6) is 2.67. The molecule has 0 saturated carbocycles. The van der Waals surface area contributed by atoms with Gasteiger partial charge in [0.25, 0.3) is 0 Å². The number of nitrogens with one attached hydrogen (secondary N) is 1. The Labute approximate surface area is 202 Å². The molecule has 4 nitrogen and oxygen atoms in total. The number of hydrogen-bond donors (Lipinski definition) is 1. The van der Waals surface area contributed by atoms with E-state index in [2.05, 4.69) is 72.6 Å². The molecule has 0 aromatic heterocycles. The zero-order valence-corrected chi connectivity index (χ0v) is 20.4. The second-order valence-corrected chi connectivity index (χ2v) is 9.41. The Balaban J connectivity index is 1.54. The summed E-state index contributed by atoms with van der Waals surface area (Å²) in [5.41, 5.74) is 3.59. The highest BCUT2D eigenvalue weighted by Gasteiger charge is 2.31. The largest absolute Gasteiger partial charge is 0.496 e. The lowest BCUT2D eigenvalue weighted by molar-refractivity contribution is 0.175. The van der Waals surface area contributed by atoms with Gasteiger partial charge in [-0.15, -0.1) is 0 Å². The molecule has 0 spiro atoms. The molecule has 0 amide bonds. The van der Waals surface area contributed by atoms with Crippen molar-refractivity contribution in [2.45, 2.75) is 32.4 Å². The van der Waals surface area contributed by atoms with Gasteiger partial charge in [0, 0.05) is 48.4 Å². The van der Waals surface area contributed by atoms with Gasteiger partial charge in [-0.05, 0) is 53.9 Å². The van der Waals surface area contributed by atoms with E-state index >= 15 is 0 Å². The van der Waals surface area contributed by atoms with Crippen LogP contribution in [0.4, 0.5) is 5.69 Å². The third kappa shape index (κ3) is 6.01. The normalized spacial score (nSPS) is 17.8. The van der Waals surface area contributed by atoms with Crippen molar-refractivity contribution < 1.29 is 9.47 Å². The molecule has 1 fully saturated rings. The molecular weight excluding hydrogens is 432 g/mol. The van der Waals surface area contributed by atoms with Crippen LogP contribution in [0.2, 0.25) is 5.02 Å². The van der Waals surface area contributed by atoms with Crippen LogP contribution in [0, 0.1) is 5.92 Å². The van der Waals surface area contributed by atoms with Gasteiger partial charge in [-0.25, -0.2) is 0 Å². The standard InChI is InChI=1S/C28H33ClN2O2/c1-20(2)21-8-6-9-26(15-21)33-28-17-30-16-23(28)19-31(25-13-11-24(29)12-14-25)18-22-7-4-5-10-27(22)32-3/h4-15,20,23,28,30H,16-19H2,1-3H3. The summed E-state index contributed by atoms with van der Waals surface area (Å²) in [6.45, 7) is 7.80. The van der Waals surface area contributed by atoms with Crippen molar-refractivity contribution in [3.05, 3.63) is 88.9 Å². The van der Waals surface area contributed by atoms with Gasteiger partial charge >= 0.3 is 0 Å². The summed E-state index contributed by atoms with van der Waals surface area (Å²) in [5, 5.41) is 4.28. The number of hydrogen-bond acceptors (Lipinski definition) is 4. The third-order valence-electron chi connectivity index (χ3n) is 6.29. The van der Waals surface area contributed by atoms with Crippen LogP contribution >= 0.6 is 11.6 Å².